The monoisotopic (exact) mass is 705 g/mol. The average Bonchev–Trinajstić information content (AvgIpc) is 3.11. The van der Waals surface area contributed by atoms with Gasteiger partial charge in [0.1, 0.15) is 23.4 Å². The Morgan fingerprint density at radius 3 is 2.67 bits per heavy atom. The van der Waals surface area contributed by atoms with Gasteiger partial charge in [-0.2, -0.15) is 13.2 Å². The van der Waals surface area contributed by atoms with E-state index in [2.05, 4.69) is 36.4 Å². The van der Waals surface area contributed by atoms with Gasteiger partial charge >= 0.3 is 6.18 Å². The molecule has 9 nitrogen and oxygen atoms in total. The van der Waals surface area contributed by atoms with Crippen molar-refractivity contribution in [1.29, 1.82) is 0 Å². The van der Waals surface area contributed by atoms with Gasteiger partial charge in [0.25, 0.3) is 5.56 Å². The zero-order valence-electron chi connectivity index (χ0n) is 29.2. The highest BCUT2D eigenvalue weighted by molar-refractivity contribution is 5.96. The minimum absolute atomic E-state index is 0.0259. The number of benzene rings is 2. The lowest BCUT2D eigenvalue weighted by molar-refractivity contribution is -0.161. The van der Waals surface area contributed by atoms with Gasteiger partial charge in [0.05, 0.1) is 24.1 Å². The molecule has 2 N–H and O–H groups in total. The maximum absolute atomic E-state index is 14.8. The molecule has 1 saturated heterocycles. The van der Waals surface area contributed by atoms with Gasteiger partial charge in [0.15, 0.2) is 5.96 Å². The summed E-state index contributed by atoms with van der Waals surface area (Å²) in [4.78, 5) is 30.0. The lowest BCUT2D eigenvalue weighted by Crippen LogP contribution is -2.60. The quantitative estimate of drug-likeness (QED) is 0.128. The number of hydrogen-bond acceptors (Lipinski definition) is 6. The first-order valence-corrected chi connectivity index (χ1v) is 17.5. The lowest BCUT2D eigenvalue weighted by atomic mass is 9.45. The minimum atomic E-state index is -4.40. The Morgan fingerprint density at radius 1 is 1.16 bits per heavy atom. The molecule has 3 saturated carbocycles. The highest BCUT2D eigenvalue weighted by atomic mass is 19.4. The topological polar surface area (TPSA) is 96.7 Å². The number of piperazine rings is 1. The fraction of sp³-hybridized carbons (Fsp3) is 0.474. The molecule has 0 amide bonds. The van der Waals surface area contributed by atoms with Gasteiger partial charge in [-0.25, -0.2) is 14.4 Å². The number of rotatable bonds is 7. The van der Waals surface area contributed by atoms with Gasteiger partial charge in [-0.05, 0) is 84.4 Å². The number of pyridine rings is 1. The summed E-state index contributed by atoms with van der Waals surface area (Å²) in [6.45, 7) is 7.22. The van der Waals surface area contributed by atoms with E-state index in [4.69, 9.17) is 14.7 Å². The van der Waals surface area contributed by atoms with Crippen molar-refractivity contribution in [2.75, 3.05) is 32.1 Å². The number of nitrogens with zero attached hydrogens (tertiary/aromatic N) is 5. The molecule has 0 radical (unpaired) electrons. The van der Waals surface area contributed by atoms with Crippen molar-refractivity contribution in [2.45, 2.75) is 64.8 Å². The van der Waals surface area contributed by atoms with Crippen molar-refractivity contribution < 1.29 is 22.3 Å². The van der Waals surface area contributed by atoms with Crippen LogP contribution in [0.3, 0.4) is 0 Å². The smallest absolute Gasteiger partial charge is 0.405 e. The summed E-state index contributed by atoms with van der Waals surface area (Å²) in [6.07, 6.45) is 1.12. The van der Waals surface area contributed by atoms with Gasteiger partial charge < -0.3 is 20.3 Å². The van der Waals surface area contributed by atoms with Gasteiger partial charge in [0.2, 0.25) is 0 Å². The Balaban J connectivity index is 1.24. The van der Waals surface area contributed by atoms with Crippen LogP contribution >= 0.6 is 0 Å². The number of anilines is 1. The number of alkyl halides is 3. The van der Waals surface area contributed by atoms with Gasteiger partial charge in [-0.15, -0.1) is 0 Å². The summed E-state index contributed by atoms with van der Waals surface area (Å²) in [5.41, 5.74) is 1.93. The van der Waals surface area contributed by atoms with Crippen molar-refractivity contribution in [3.63, 3.8) is 0 Å². The van der Waals surface area contributed by atoms with Gasteiger partial charge in [-0.1, -0.05) is 26.8 Å². The number of guanidine groups is 1. The van der Waals surface area contributed by atoms with Crippen LogP contribution in [0.25, 0.3) is 22.3 Å². The molecule has 3 heterocycles. The Kier molecular flexibility index (Phi) is 9.28. The molecule has 13 heteroatoms. The molecule has 5 atom stereocenters. The number of ether oxygens (including phenoxy) is 1. The molecule has 51 heavy (non-hydrogen) atoms. The largest absolute Gasteiger partial charge is 0.497 e. The van der Waals surface area contributed by atoms with Crippen LogP contribution in [0, 0.1) is 29.0 Å². The molecule has 270 valence electrons. The maximum Gasteiger partial charge on any atom is 0.405 e. The van der Waals surface area contributed by atoms with E-state index >= 15 is 0 Å². The molecule has 4 aromatic rings. The number of aromatic nitrogens is 3. The Labute approximate surface area is 294 Å². The third-order valence-electron chi connectivity index (χ3n) is 11.5. The van der Waals surface area contributed by atoms with Crippen LogP contribution in [-0.4, -0.2) is 70.4 Å². The van der Waals surface area contributed by atoms with Crippen molar-refractivity contribution >= 4 is 22.5 Å². The van der Waals surface area contributed by atoms with E-state index in [1.165, 1.54) is 17.7 Å². The van der Waals surface area contributed by atoms with E-state index in [0.717, 1.165) is 12.8 Å². The molecule has 2 aromatic heterocycles. The Bertz CT molecular complexity index is 2000. The van der Waals surface area contributed by atoms with Crippen molar-refractivity contribution in [3.05, 3.63) is 82.7 Å². The van der Waals surface area contributed by atoms with E-state index in [-0.39, 0.29) is 49.0 Å². The van der Waals surface area contributed by atoms with E-state index < -0.39 is 18.0 Å². The number of methoxy groups -OCH3 is 1. The highest BCUT2D eigenvalue weighted by Gasteiger charge is 2.56. The number of hydrogen-bond donors (Lipinski definition) is 2. The molecule has 4 fully saturated rings. The summed E-state index contributed by atoms with van der Waals surface area (Å²) >= 11 is 0. The first-order valence-electron chi connectivity index (χ1n) is 17.5. The number of nitrogens with one attached hydrogen (secondary N) is 2. The molecule has 2 bridgehead atoms. The maximum atomic E-state index is 14.8. The molecular weight excluding hydrogens is 662 g/mol. The summed E-state index contributed by atoms with van der Waals surface area (Å²) in [6, 6.07) is 11.6. The zero-order chi connectivity index (χ0) is 36.1. The third kappa shape index (κ3) is 6.80. The van der Waals surface area contributed by atoms with Crippen LogP contribution in [0.2, 0.25) is 0 Å². The SMILES string of the molecule is COc1ccc(CCn2c(-c3cccnc3)nc3cc(NC(=N[C@H]4C[C@@H]5C[C@@H]([C@H]4C)C5(C)C)N4CCN[C@@H](C(F)(F)F)C4)ccc3c2=O)c(F)c1. The first kappa shape index (κ1) is 34.9. The number of fused-ring (bicyclic) bond motifs is 3. The number of aliphatic imine (C=N–C) groups is 1. The van der Waals surface area contributed by atoms with Crippen LogP contribution in [0.15, 0.2) is 70.7 Å². The van der Waals surface area contributed by atoms with Crippen LogP contribution < -0.4 is 20.9 Å². The fourth-order valence-corrected chi connectivity index (χ4v) is 8.25. The molecule has 0 unspecified atom stereocenters. The predicted octanol–water partition coefficient (Wildman–Crippen LogP) is 6.52. The summed E-state index contributed by atoms with van der Waals surface area (Å²) < 4.78 is 63.1. The Morgan fingerprint density at radius 2 is 1.98 bits per heavy atom. The van der Waals surface area contributed by atoms with Crippen molar-refractivity contribution in [1.82, 2.24) is 24.8 Å². The minimum Gasteiger partial charge on any atom is -0.497 e. The second-order valence-electron chi connectivity index (χ2n) is 14.7. The van der Waals surface area contributed by atoms with E-state index in [1.54, 1.807) is 59.8 Å². The Hall–Kier alpha value is -4.52. The van der Waals surface area contributed by atoms with Crippen LogP contribution in [0.5, 0.6) is 5.75 Å². The van der Waals surface area contributed by atoms with E-state index in [1.807, 2.05) is 0 Å². The lowest BCUT2D eigenvalue weighted by Gasteiger charge is -2.61. The predicted molar refractivity (Wildman–Crippen MR) is 189 cm³/mol. The number of aryl methyl sites for hydroxylation is 1. The zero-order valence-corrected chi connectivity index (χ0v) is 29.2. The van der Waals surface area contributed by atoms with Crippen LogP contribution in [0.4, 0.5) is 23.2 Å². The molecule has 2 aromatic carbocycles. The first-order chi connectivity index (χ1) is 24.3. The van der Waals surface area contributed by atoms with Crippen molar-refractivity contribution in [2.24, 2.45) is 28.2 Å². The second kappa shape index (κ2) is 13.6. The summed E-state index contributed by atoms with van der Waals surface area (Å²) in [7, 11) is 1.47. The molecule has 0 spiro atoms. The third-order valence-corrected chi connectivity index (χ3v) is 11.5. The van der Waals surface area contributed by atoms with Crippen molar-refractivity contribution in [3.8, 4) is 17.1 Å². The summed E-state index contributed by atoms with van der Waals surface area (Å²) in [5.74, 6) is 2.06. The van der Waals surface area contributed by atoms with Crippen LogP contribution in [0.1, 0.15) is 39.2 Å². The molecule has 4 aliphatic rings. The molecule has 8 rings (SSSR count). The number of halogens is 4. The van der Waals surface area contributed by atoms with E-state index in [9.17, 15) is 22.4 Å². The summed E-state index contributed by atoms with van der Waals surface area (Å²) in [5, 5.41) is 6.31. The normalized spacial score (nSPS) is 24.7. The fourth-order valence-electron chi connectivity index (χ4n) is 8.25. The molecular formula is C38H43F4N7O2. The van der Waals surface area contributed by atoms with Crippen LogP contribution in [-0.2, 0) is 13.0 Å². The second-order valence-corrected chi connectivity index (χ2v) is 14.7. The van der Waals surface area contributed by atoms with Gasteiger partial charge in [-0.3, -0.25) is 14.3 Å². The standard InChI is InChI=1S/C38H43F4N7O2/c1-22-29-16-25(37(29,2)3)17-31(22)47-36(48-15-13-44-33(21-48)38(40,41)42)45-26-8-10-28-32(18-26)46-34(24-6-5-12-43-20-24)49(35(28)50)14-11-23-7-9-27(51-4)19-30(23)39/h5-10,12,18-20,22,25,29,31,33,44H,11,13-17,21H2,1-4H3,(H,45,47)/t22-,25+,29+,31+,33-/m1/s1. The van der Waals surface area contributed by atoms with Gasteiger partial charge in [0, 0.05) is 55.9 Å². The average molecular weight is 706 g/mol. The van der Waals surface area contributed by atoms with E-state index in [0.29, 0.717) is 63.6 Å². The highest BCUT2D eigenvalue weighted by Crippen LogP contribution is 2.61. The molecule has 1 aliphatic heterocycles. The molecule has 3 aliphatic carbocycles.